The first-order valence-electron chi connectivity index (χ1n) is 5.92. The first kappa shape index (κ1) is 11.4. The summed E-state index contributed by atoms with van der Waals surface area (Å²) in [4.78, 5) is 0. The molecule has 1 saturated heterocycles. The van der Waals surface area contributed by atoms with Gasteiger partial charge in [-0.2, -0.15) is 0 Å². The normalized spacial score (nSPS) is 27.5. The first-order valence-corrected chi connectivity index (χ1v) is 5.92. The van der Waals surface area contributed by atoms with Gasteiger partial charge >= 0.3 is 0 Å². The quantitative estimate of drug-likeness (QED) is 0.812. The van der Waals surface area contributed by atoms with Gasteiger partial charge < -0.3 is 10.4 Å². The Morgan fingerprint density at radius 1 is 1.38 bits per heavy atom. The molecule has 2 atom stereocenters. The Hall–Kier alpha value is -1.12. The molecule has 1 aliphatic rings. The van der Waals surface area contributed by atoms with Crippen molar-refractivity contribution in [3.8, 4) is 0 Å². The second-order valence-corrected chi connectivity index (χ2v) is 4.43. The fourth-order valence-corrected chi connectivity index (χ4v) is 2.28. The lowest BCUT2D eigenvalue weighted by molar-refractivity contribution is 0.277. The van der Waals surface area contributed by atoms with Crippen molar-refractivity contribution >= 4 is 6.08 Å². The molecule has 0 aliphatic carbocycles. The predicted octanol–water partition coefficient (Wildman–Crippen LogP) is 2.06. The SMILES string of the molecule is C[C@@H]1CN[C@@H](CCO)/C1=C\c1ccccc1. The van der Waals surface area contributed by atoms with Gasteiger partial charge in [0.05, 0.1) is 0 Å². The molecule has 0 saturated carbocycles. The number of aliphatic hydroxyl groups excluding tert-OH is 1. The van der Waals surface area contributed by atoms with Gasteiger partial charge in [0, 0.05) is 19.2 Å². The fourth-order valence-electron chi connectivity index (χ4n) is 2.28. The van der Waals surface area contributed by atoms with E-state index in [0.29, 0.717) is 12.0 Å². The molecule has 2 N–H and O–H groups in total. The third-order valence-electron chi connectivity index (χ3n) is 3.19. The van der Waals surface area contributed by atoms with E-state index in [0.717, 1.165) is 13.0 Å². The molecule has 2 heteroatoms. The molecule has 0 unspecified atom stereocenters. The molecule has 0 radical (unpaired) electrons. The average Bonchev–Trinajstić information content (AvgIpc) is 2.64. The van der Waals surface area contributed by atoms with Gasteiger partial charge in [-0.3, -0.25) is 0 Å². The van der Waals surface area contributed by atoms with Crippen molar-refractivity contribution in [1.82, 2.24) is 5.32 Å². The molecule has 1 aromatic carbocycles. The van der Waals surface area contributed by atoms with Crippen LogP contribution < -0.4 is 5.32 Å². The monoisotopic (exact) mass is 217 g/mol. The number of hydrogen-bond acceptors (Lipinski definition) is 2. The maximum absolute atomic E-state index is 9.03. The summed E-state index contributed by atoms with van der Waals surface area (Å²) in [7, 11) is 0. The van der Waals surface area contributed by atoms with Crippen LogP contribution in [0.2, 0.25) is 0 Å². The Morgan fingerprint density at radius 3 is 2.81 bits per heavy atom. The maximum atomic E-state index is 9.03. The zero-order valence-corrected chi connectivity index (χ0v) is 9.69. The van der Waals surface area contributed by atoms with Crippen LogP contribution in [0, 0.1) is 5.92 Å². The molecule has 0 bridgehead atoms. The van der Waals surface area contributed by atoms with Gasteiger partial charge in [-0.25, -0.2) is 0 Å². The molecule has 16 heavy (non-hydrogen) atoms. The topological polar surface area (TPSA) is 32.3 Å². The van der Waals surface area contributed by atoms with E-state index in [1.54, 1.807) is 0 Å². The molecular formula is C14H19NO. The highest BCUT2D eigenvalue weighted by atomic mass is 16.3. The van der Waals surface area contributed by atoms with Crippen LogP contribution in [-0.4, -0.2) is 24.3 Å². The van der Waals surface area contributed by atoms with E-state index in [4.69, 9.17) is 5.11 Å². The molecule has 86 valence electrons. The van der Waals surface area contributed by atoms with E-state index in [9.17, 15) is 0 Å². The van der Waals surface area contributed by atoms with Crippen LogP contribution >= 0.6 is 0 Å². The summed E-state index contributed by atoms with van der Waals surface area (Å²) in [5.41, 5.74) is 2.66. The third-order valence-corrected chi connectivity index (χ3v) is 3.19. The van der Waals surface area contributed by atoms with Gasteiger partial charge in [0.1, 0.15) is 0 Å². The van der Waals surface area contributed by atoms with E-state index in [2.05, 4.69) is 42.6 Å². The van der Waals surface area contributed by atoms with Gasteiger partial charge in [0.2, 0.25) is 0 Å². The number of hydrogen-bond donors (Lipinski definition) is 2. The van der Waals surface area contributed by atoms with Gasteiger partial charge in [0.25, 0.3) is 0 Å². The number of benzene rings is 1. The minimum absolute atomic E-state index is 0.247. The predicted molar refractivity (Wildman–Crippen MR) is 67.1 cm³/mol. The van der Waals surface area contributed by atoms with E-state index < -0.39 is 0 Å². The molecule has 0 aromatic heterocycles. The Bertz CT molecular complexity index is 356. The van der Waals surface area contributed by atoms with Crippen LogP contribution in [0.5, 0.6) is 0 Å². The van der Waals surface area contributed by atoms with E-state index >= 15 is 0 Å². The Labute approximate surface area is 97.0 Å². The van der Waals surface area contributed by atoms with Crippen molar-refractivity contribution in [2.75, 3.05) is 13.2 Å². The van der Waals surface area contributed by atoms with Crippen LogP contribution in [0.15, 0.2) is 35.9 Å². The van der Waals surface area contributed by atoms with E-state index in [1.165, 1.54) is 11.1 Å². The summed E-state index contributed by atoms with van der Waals surface area (Å²) < 4.78 is 0. The highest BCUT2D eigenvalue weighted by molar-refractivity contribution is 5.55. The lowest BCUT2D eigenvalue weighted by Crippen LogP contribution is -2.23. The Kier molecular flexibility index (Phi) is 3.75. The second kappa shape index (κ2) is 5.28. The first-order chi connectivity index (χ1) is 7.81. The summed E-state index contributed by atoms with van der Waals surface area (Å²) in [5.74, 6) is 0.566. The minimum atomic E-state index is 0.247. The van der Waals surface area contributed by atoms with E-state index in [-0.39, 0.29) is 6.61 Å². The summed E-state index contributed by atoms with van der Waals surface area (Å²) in [6.07, 6.45) is 3.06. The Balaban J connectivity index is 2.20. The largest absolute Gasteiger partial charge is 0.396 e. The fraction of sp³-hybridized carbons (Fsp3) is 0.429. The molecule has 0 amide bonds. The van der Waals surface area contributed by atoms with Crippen LogP contribution in [0.25, 0.3) is 6.08 Å². The van der Waals surface area contributed by atoms with Crippen molar-refractivity contribution in [3.63, 3.8) is 0 Å². The van der Waals surface area contributed by atoms with Crippen LogP contribution in [0.1, 0.15) is 18.9 Å². The van der Waals surface area contributed by atoms with Crippen molar-refractivity contribution < 1.29 is 5.11 Å². The molecule has 2 rings (SSSR count). The van der Waals surface area contributed by atoms with Gasteiger partial charge in [0.15, 0.2) is 0 Å². The van der Waals surface area contributed by atoms with Crippen LogP contribution in [0.3, 0.4) is 0 Å². The Morgan fingerprint density at radius 2 is 2.12 bits per heavy atom. The minimum Gasteiger partial charge on any atom is -0.396 e. The third kappa shape index (κ3) is 2.52. The van der Waals surface area contributed by atoms with Crippen molar-refractivity contribution in [1.29, 1.82) is 0 Å². The highest BCUT2D eigenvalue weighted by Crippen LogP contribution is 2.25. The lowest BCUT2D eigenvalue weighted by atomic mass is 9.95. The zero-order valence-electron chi connectivity index (χ0n) is 9.69. The second-order valence-electron chi connectivity index (χ2n) is 4.43. The molecule has 0 spiro atoms. The van der Waals surface area contributed by atoms with Crippen molar-refractivity contribution in [3.05, 3.63) is 41.5 Å². The van der Waals surface area contributed by atoms with Crippen molar-refractivity contribution in [2.24, 2.45) is 5.92 Å². The van der Waals surface area contributed by atoms with Gasteiger partial charge in [-0.05, 0) is 23.5 Å². The lowest BCUT2D eigenvalue weighted by Gasteiger charge is -2.12. The average molecular weight is 217 g/mol. The molecule has 2 nitrogen and oxygen atoms in total. The summed E-state index contributed by atoms with van der Waals surface area (Å²) >= 11 is 0. The van der Waals surface area contributed by atoms with Gasteiger partial charge in [-0.15, -0.1) is 0 Å². The molecule has 1 heterocycles. The van der Waals surface area contributed by atoms with E-state index in [1.807, 2.05) is 6.07 Å². The maximum Gasteiger partial charge on any atom is 0.0449 e. The summed E-state index contributed by atoms with van der Waals surface area (Å²) in [6.45, 7) is 3.50. The number of aliphatic hydroxyl groups is 1. The van der Waals surface area contributed by atoms with Crippen molar-refractivity contribution in [2.45, 2.75) is 19.4 Å². The van der Waals surface area contributed by atoms with Crippen LogP contribution in [-0.2, 0) is 0 Å². The number of rotatable bonds is 3. The molecule has 1 aliphatic heterocycles. The van der Waals surface area contributed by atoms with Gasteiger partial charge in [-0.1, -0.05) is 43.3 Å². The highest BCUT2D eigenvalue weighted by Gasteiger charge is 2.25. The summed E-state index contributed by atoms with van der Waals surface area (Å²) in [6, 6.07) is 10.7. The zero-order chi connectivity index (χ0) is 11.4. The number of nitrogens with one attached hydrogen (secondary N) is 1. The molecule has 1 aromatic rings. The molecular weight excluding hydrogens is 198 g/mol. The molecule has 1 fully saturated rings. The van der Waals surface area contributed by atoms with Crippen LogP contribution in [0.4, 0.5) is 0 Å². The summed E-state index contributed by atoms with van der Waals surface area (Å²) in [5, 5.41) is 12.5. The smallest absolute Gasteiger partial charge is 0.0449 e. The standard InChI is InChI=1S/C14H19NO/c1-11-10-15-14(7-8-16)13(11)9-12-5-3-2-4-6-12/h2-6,9,11,14-16H,7-8,10H2,1H3/b13-9-/t11-,14+/m1/s1.